The van der Waals surface area contributed by atoms with E-state index in [4.69, 9.17) is 4.74 Å². The average Bonchev–Trinajstić information content (AvgIpc) is 2.46. The van der Waals surface area contributed by atoms with Gasteiger partial charge >= 0.3 is 0 Å². The van der Waals surface area contributed by atoms with E-state index in [1.807, 2.05) is 7.05 Å². The quantitative estimate of drug-likeness (QED) is 0.915. The number of nitrogens with one attached hydrogen (secondary N) is 1. The molecule has 0 saturated carbocycles. The fourth-order valence-electron chi connectivity index (χ4n) is 1.77. The molecule has 0 amide bonds. The maximum Gasteiger partial charge on any atom is 0.233 e. The van der Waals surface area contributed by atoms with E-state index in [1.165, 1.54) is 0 Å². The number of aromatic nitrogens is 4. The Morgan fingerprint density at radius 2 is 1.86 bits per heavy atom. The molecule has 0 radical (unpaired) electrons. The summed E-state index contributed by atoms with van der Waals surface area (Å²) in [6, 6.07) is 3.53. The summed E-state index contributed by atoms with van der Waals surface area (Å²) in [6.45, 7) is 6.30. The van der Waals surface area contributed by atoms with Gasteiger partial charge in [-0.3, -0.25) is 0 Å². The zero-order chi connectivity index (χ0) is 15.6. The summed E-state index contributed by atoms with van der Waals surface area (Å²) in [5.74, 6) is 1.71. The van der Waals surface area contributed by atoms with Crippen molar-refractivity contribution < 1.29 is 4.74 Å². The maximum atomic E-state index is 5.01. The summed E-state index contributed by atoms with van der Waals surface area (Å²) in [6.07, 6.45) is 0. The Balaban J connectivity index is 2.58. The molecule has 6 nitrogen and oxygen atoms in total. The molecule has 0 bridgehead atoms. The highest BCUT2D eigenvalue weighted by atomic mass is 79.9. The van der Waals surface area contributed by atoms with E-state index >= 15 is 0 Å². The second-order valence-electron chi connectivity index (χ2n) is 5.52. The topological polar surface area (TPSA) is 72.8 Å². The first kappa shape index (κ1) is 15.6. The van der Waals surface area contributed by atoms with Crippen molar-refractivity contribution in [2.45, 2.75) is 26.2 Å². The van der Waals surface area contributed by atoms with Crippen LogP contribution >= 0.6 is 15.9 Å². The third-order valence-electron chi connectivity index (χ3n) is 2.88. The Labute approximate surface area is 132 Å². The van der Waals surface area contributed by atoms with E-state index in [2.05, 4.69) is 62.2 Å². The van der Waals surface area contributed by atoms with Crippen molar-refractivity contribution in [2.75, 3.05) is 19.5 Å². The molecule has 2 aromatic rings. The van der Waals surface area contributed by atoms with Gasteiger partial charge in [0.15, 0.2) is 5.82 Å². The van der Waals surface area contributed by atoms with Gasteiger partial charge in [-0.25, -0.2) is 9.97 Å². The summed E-state index contributed by atoms with van der Waals surface area (Å²) in [5.41, 5.74) is 1.39. The fourth-order valence-corrected chi connectivity index (χ4v) is 2.74. The van der Waals surface area contributed by atoms with Crippen molar-refractivity contribution >= 4 is 21.7 Å². The lowest BCUT2D eigenvalue weighted by molar-refractivity contribution is 0.392. The van der Waals surface area contributed by atoms with Crippen LogP contribution in [0.25, 0.3) is 11.5 Å². The molecule has 0 atom stereocenters. The number of anilines is 1. The predicted octanol–water partition coefficient (Wildman–Crippen LogP) is 3.04. The van der Waals surface area contributed by atoms with Gasteiger partial charge in [0.2, 0.25) is 5.88 Å². The van der Waals surface area contributed by atoms with Gasteiger partial charge in [-0.2, -0.15) is 0 Å². The standard InChI is InChI=1S/C14H18BrN5O/c1-14(2,3)11-10(15)13(16-4)18-12(17-11)8-6-7-9(21-5)20-19-8/h6-7H,1-5H3,(H,16,17,18). The molecular formula is C14H18BrN5O. The molecule has 0 aromatic carbocycles. The minimum Gasteiger partial charge on any atom is -0.480 e. The highest BCUT2D eigenvalue weighted by Crippen LogP contribution is 2.33. The van der Waals surface area contributed by atoms with E-state index in [9.17, 15) is 0 Å². The van der Waals surface area contributed by atoms with Crippen molar-refractivity contribution in [3.05, 3.63) is 22.3 Å². The van der Waals surface area contributed by atoms with E-state index in [0.29, 0.717) is 17.4 Å². The smallest absolute Gasteiger partial charge is 0.233 e. The molecule has 112 valence electrons. The minimum atomic E-state index is -0.123. The number of ether oxygens (including phenoxy) is 1. The summed E-state index contributed by atoms with van der Waals surface area (Å²) in [5, 5.41) is 11.1. The number of halogens is 1. The van der Waals surface area contributed by atoms with Crippen molar-refractivity contribution in [1.29, 1.82) is 0 Å². The fraction of sp³-hybridized carbons (Fsp3) is 0.429. The molecule has 0 fully saturated rings. The van der Waals surface area contributed by atoms with Crippen LogP contribution in [-0.4, -0.2) is 34.3 Å². The Kier molecular flexibility index (Phi) is 4.41. The third kappa shape index (κ3) is 3.29. The number of nitrogens with zero attached hydrogens (tertiary/aromatic N) is 4. The first-order valence-corrected chi connectivity index (χ1v) is 7.30. The number of hydrogen-bond acceptors (Lipinski definition) is 6. The van der Waals surface area contributed by atoms with Gasteiger partial charge in [0.25, 0.3) is 0 Å². The zero-order valence-corrected chi connectivity index (χ0v) is 14.3. The summed E-state index contributed by atoms with van der Waals surface area (Å²) < 4.78 is 5.88. The molecule has 0 aliphatic carbocycles. The summed E-state index contributed by atoms with van der Waals surface area (Å²) in [7, 11) is 3.37. The monoisotopic (exact) mass is 351 g/mol. The third-order valence-corrected chi connectivity index (χ3v) is 3.63. The molecule has 0 aliphatic rings. The Hall–Kier alpha value is -1.76. The largest absolute Gasteiger partial charge is 0.480 e. The van der Waals surface area contributed by atoms with Crippen molar-refractivity contribution in [3.8, 4) is 17.4 Å². The van der Waals surface area contributed by atoms with E-state index in [-0.39, 0.29) is 5.41 Å². The molecule has 0 aliphatic heterocycles. The van der Waals surface area contributed by atoms with Crippen molar-refractivity contribution in [1.82, 2.24) is 20.2 Å². The van der Waals surface area contributed by atoms with Crippen LogP contribution in [0.5, 0.6) is 5.88 Å². The molecule has 21 heavy (non-hydrogen) atoms. The zero-order valence-electron chi connectivity index (χ0n) is 12.7. The number of rotatable bonds is 3. The predicted molar refractivity (Wildman–Crippen MR) is 85.6 cm³/mol. The lowest BCUT2D eigenvalue weighted by Gasteiger charge is -2.21. The van der Waals surface area contributed by atoms with Gasteiger partial charge in [0.05, 0.1) is 17.3 Å². The van der Waals surface area contributed by atoms with Crippen LogP contribution in [-0.2, 0) is 5.41 Å². The molecule has 2 heterocycles. The van der Waals surface area contributed by atoms with Gasteiger partial charge in [0.1, 0.15) is 11.5 Å². The van der Waals surface area contributed by atoms with E-state index in [1.54, 1.807) is 19.2 Å². The molecule has 7 heteroatoms. The average molecular weight is 352 g/mol. The highest BCUT2D eigenvalue weighted by Gasteiger charge is 2.23. The minimum absolute atomic E-state index is 0.123. The Bertz CT molecular complexity index is 637. The highest BCUT2D eigenvalue weighted by molar-refractivity contribution is 9.10. The second kappa shape index (κ2) is 5.93. The van der Waals surface area contributed by atoms with Crippen LogP contribution in [0.1, 0.15) is 26.5 Å². The van der Waals surface area contributed by atoms with Crippen LogP contribution in [0.4, 0.5) is 5.82 Å². The first-order valence-electron chi connectivity index (χ1n) is 6.50. The number of hydrogen-bond donors (Lipinski definition) is 1. The summed E-state index contributed by atoms with van der Waals surface area (Å²) >= 11 is 3.56. The second-order valence-corrected chi connectivity index (χ2v) is 6.31. The SMILES string of the molecule is CNc1nc(-c2ccc(OC)nn2)nc(C(C)(C)C)c1Br. The Morgan fingerprint density at radius 3 is 2.33 bits per heavy atom. The molecular weight excluding hydrogens is 334 g/mol. The van der Waals surface area contributed by atoms with Gasteiger partial charge in [0, 0.05) is 18.5 Å². The van der Waals surface area contributed by atoms with Crippen molar-refractivity contribution in [2.24, 2.45) is 0 Å². The lowest BCUT2D eigenvalue weighted by atomic mass is 9.92. The summed E-state index contributed by atoms with van der Waals surface area (Å²) in [4.78, 5) is 9.11. The van der Waals surface area contributed by atoms with E-state index < -0.39 is 0 Å². The van der Waals surface area contributed by atoms with Crippen molar-refractivity contribution in [3.63, 3.8) is 0 Å². The van der Waals surface area contributed by atoms with Gasteiger partial charge < -0.3 is 10.1 Å². The molecule has 2 rings (SSSR count). The molecule has 2 aromatic heterocycles. The van der Waals surface area contributed by atoms with Crippen LogP contribution in [0, 0.1) is 0 Å². The van der Waals surface area contributed by atoms with Gasteiger partial charge in [-0.1, -0.05) is 20.8 Å². The molecule has 1 N–H and O–H groups in total. The van der Waals surface area contributed by atoms with E-state index in [0.717, 1.165) is 16.0 Å². The molecule has 0 spiro atoms. The normalized spacial score (nSPS) is 11.3. The first-order chi connectivity index (χ1) is 9.86. The van der Waals surface area contributed by atoms with Gasteiger partial charge in [-0.05, 0) is 22.0 Å². The molecule has 0 saturated heterocycles. The lowest BCUT2D eigenvalue weighted by Crippen LogP contribution is -2.17. The maximum absolute atomic E-state index is 5.01. The molecule has 0 unspecified atom stereocenters. The van der Waals surface area contributed by atoms with Crippen LogP contribution < -0.4 is 10.1 Å². The van der Waals surface area contributed by atoms with Crippen LogP contribution in [0.2, 0.25) is 0 Å². The number of methoxy groups -OCH3 is 1. The van der Waals surface area contributed by atoms with Gasteiger partial charge in [-0.15, -0.1) is 10.2 Å². The van der Waals surface area contributed by atoms with Crippen LogP contribution in [0.15, 0.2) is 16.6 Å². The van der Waals surface area contributed by atoms with Crippen LogP contribution in [0.3, 0.4) is 0 Å². The Morgan fingerprint density at radius 1 is 1.14 bits per heavy atom.